The van der Waals surface area contributed by atoms with Crippen LogP contribution in [-0.4, -0.2) is 42.5 Å². The molecule has 9 heteroatoms. The Hall–Kier alpha value is -3.43. The van der Waals surface area contributed by atoms with Crippen molar-refractivity contribution in [3.63, 3.8) is 0 Å². The van der Waals surface area contributed by atoms with Crippen LogP contribution in [0.1, 0.15) is 61.8 Å². The molecule has 0 saturated heterocycles. The first-order valence-electron chi connectivity index (χ1n) is 13.3. The summed E-state index contributed by atoms with van der Waals surface area (Å²) in [5.74, 6) is -0.429. The Morgan fingerprint density at radius 3 is 2.56 bits per heavy atom. The smallest absolute Gasteiger partial charge is 0.306 e. The fraction of sp³-hybridized carbons (Fsp3) is 0.400. The van der Waals surface area contributed by atoms with Crippen LogP contribution < -0.4 is 10.3 Å². The maximum absolute atomic E-state index is 13.6. The highest BCUT2D eigenvalue weighted by molar-refractivity contribution is 7.89. The van der Waals surface area contributed by atoms with Gasteiger partial charge in [-0.15, -0.1) is 0 Å². The first-order valence-corrected chi connectivity index (χ1v) is 14.8. The van der Waals surface area contributed by atoms with E-state index < -0.39 is 15.9 Å². The molecule has 0 bridgehead atoms. The molecule has 1 aliphatic heterocycles. The van der Waals surface area contributed by atoms with Crippen molar-refractivity contribution in [3.8, 4) is 5.75 Å². The van der Waals surface area contributed by atoms with Crippen LogP contribution >= 0.6 is 0 Å². The van der Waals surface area contributed by atoms with Gasteiger partial charge in [0, 0.05) is 31.3 Å². The van der Waals surface area contributed by atoms with Gasteiger partial charge >= 0.3 is 5.97 Å². The first kappa shape index (κ1) is 28.6. The van der Waals surface area contributed by atoms with Gasteiger partial charge in [0.05, 0.1) is 19.6 Å². The van der Waals surface area contributed by atoms with E-state index in [0.717, 1.165) is 23.1 Å². The van der Waals surface area contributed by atoms with E-state index in [1.165, 1.54) is 4.31 Å². The minimum Gasteiger partial charge on any atom is -0.488 e. The molecule has 3 aromatic rings. The number of hydrogen-bond donors (Lipinski definition) is 0. The molecule has 2 heterocycles. The number of fused-ring (bicyclic) bond motifs is 1. The number of aryl methyl sites for hydroxylation is 2. The Balaban J connectivity index is 1.72. The van der Waals surface area contributed by atoms with Gasteiger partial charge < -0.3 is 14.0 Å². The maximum atomic E-state index is 13.6. The number of carbonyl (C=O) groups excluding carboxylic acids is 1. The fourth-order valence-electron chi connectivity index (χ4n) is 4.94. The topological polar surface area (TPSA) is 94.9 Å². The Morgan fingerprint density at radius 2 is 1.85 bits per heavy atom. The summed E-state index contributed by atoms with van der Waals surface area (Å²) >= 11 is 0. The van der Waals surface area contributed by atoms with Gasteiger partial charge in [-0.05, 0) is 67.6 Å². The quantitative estimate of drug-likeness (QED) is 0.360. The van der Waals surface area contributed by atoms with Crippen LogP contribution in [0.25, 0.3) is 0 Å². The second-order valence-corrected chi connectivity index (χ2v) is 11.8. The maximum Gasteiger partial charge on any atom is 0.306 e. The summed E-state index contributed by atoms with van der Waals surface area (Å²) in [6, 6.07) is 15.9. The van der Waals surface area contributed by atoms with Gasteiger partial charge in [0.25, 0.3) is 5.56 Å². The van der Waals surface area contributed by atoms with E-state index >= 15 is 0 Å². The lowest BCUT2D eigenvalue weighted by atomic mass is 9.87. The van der Waals surface area contributed by atoms with E-state index in [0.29, 0.717) is 17.9 Å². The summed E-state index contributed by atoms with van der Waals surface area (Å²) in [6.45, 7) is 8.77. The predicted octanol–water partition coefficient (Wildman–Crippen LogP) is 4.62. The van der Waals surface area contributed by atoms with Crippen molar-refractivity contribution in [2.75, 3.05) is 13.2 Å². The standard InChI is InChI=1S/C30H36N2O6S/c1-5-14-31-15-13-24(17-29(31)33)26(18-30(34)37-6-2)23-12-11-21(3)25(16-23)20-32-19-22(4)38-27-9-7-8-10-28(27)39(32,35)36/h7-13,15-17,22,26H,5-6,14,18-20H2,1-4H3. The Morgan fingerprint density at radius 1 is 1.10 bits per heavy atom. The lowest BCUT2D eigenvalue weighted by Crippen LogP contribution is -2.35. The average Bonchev–Trinajstić information content (AvgIpc) is 2.98. The summed E-state index contributed by atoms with van der Waals surface area (Å²) in [5, 5.41) is 0. The molecule has 8 nitrogen and oxygen atoms in total. The molecule has 0 fully saturated rings. The molecule has 2 atom stereocenters. The minimum absolute atomic E-state index is 0.0633. The molecule has 2 aromatic carbocycles. The Kier molecular flexibility index (Phi) is 8.92. The summed E-state index contributed by atoms with van der Waals surface area (Å²) in [4.78, 5) is 25.5. The van der Waals surface area contributed by atoms with Crippen LogP contribution in [0.2, 0.25) is 0 Å². The third kappa shape index (κ3) is 6.42. The summed E-state index contributed by atoms with van der Waals surface area (Å²) < 4.78 is 41.5. The number of ether oxygens (including phenoxy) is 2. The molecule has 0 spiro atoms. The third-order valence-corrected chi connectivity index (χ3v) is 8.79. The van der Waals surface area contributed by atoms with E-state index in [-0.39, 0.29) is 48.6 Å². The number of carbonyl (C=O) groups is 1. The molecule has 0 amide bonds. The molecule has 4 rings (SSSR count). The number of nitrogens with zero attached hydrogens (tertiary/aromatic N) is 2. The van der Waals surface area contributed by atoms with Crippen LogP contribution in [-0.2, 0) is 32.6 Å². The third-order valence-electron chi connectivity index (χ3n) is 6.94. The fourth-order valence-corrected chi connectivity index (χ4v) is 6.55. The largest absolute Gasteiger partial charge is 0.488 e. The highest BCUT2D eigenvalue weighted by Gasteiger charge is 2.33. The lowest BCUT2D eigenvalue weighted by Gasteiger charge is -2.24. The second-order valence-electron chi connectivity index (χ2n) is 9.91. The number of benzene rings is 2. The van der Waals surface area contributed by atoms with E-state index in [1.54, 1.807) is 48.0 Å². The van der Waals surface area contributed by atoms with Crippen LogP contribution in [0, 0.1) is 6.92 Å². The molecule has 39 heavy (non-hydrogen) atoms. The summed E-state index contributed by atoms with van der Waals surface area (Å²) in [7, 11) is -3.80. The van der Waals surface area contributed by atoms with Gasteiger partial charge in [-0.2, -0.15) is 4.31 Å². The minimum atomic E-state index is -3.80. The van der Waals surface area contributed by atoms with Crippen LogP contribution in [0.3, 0.4) is 0 Å². The van der Waals surface area contributed by atoms with E-state index in [4.69, 9.17) is 9.47 Å². The van der Waals surface area contributed by atoms with Crippen LogP contribution in [0.5, 0.6) is 5.75 Å². The Bertz CT molecular complexity index is 1500. The molecule has 2 unspecified atom stereocenters. The first-order chi connectivity index (χ1) is 18.6. The van der Waals surface area contributed by atoms with Crippen LogP contribution in [0.15, 0.2) is 70.5 Å². The molecule has 1 aromatic heterocycles. The number of sulfonamides is 1. The molecule has 1 aliphatic rings. The van der Waals surface area contributed by atoms with Gasteiger partial charge in [0.15, 0.2) is 0 Å². The van der Waals surface area contributed by atoms with Crippen molar-refractivity contribution in [3.05, 3.63) is 93.4 Å². The Labute approximate surface area is 230 Å². The molecule has 0 saturated carbocycles. The molecule has 208 valence electrons. The lowest BCUT2D eigenvalue weighted by molar-refractivity contribution is -0.143. The normalized spacial score (nSPS) is 17.5. The van der Waals surface area contributed by atoms with Gasteiger partial charge in [0.2, 0.25) is 10.0 Å². The van der Waals surface area contributed by atoms with Crippen molar-refractivity contribution in [2.45, 2.75) is 70.5 Å². The molecule has 0 radical (unpaired) electrons. The number of para-hydroxylation sites is 1. The SMILES string of the molecule is CCCn1ccc(C(CC(=O)OCC)c2ccc(C)c(CN3CC(C)Oc4ccccc4S3(=O)=O)c2)cc1=O. The van der Waals surface area contributed by atoms with Gasteiger partial charge in [0.1, 0.15) is 16.7 Å². The zero-order valence-electron chi connectivity index (χ0n) is 22.9. The van der Waals surface area contributed by atoms with E-state index in [9.17, 15) is 18.0 Å². The van der Waals surface area contributed by atoms with Crippen molar-refractivity contribution in [1.82, 2.24) is 8.87 Å². The van der Waals surface area contributed by atoms with E-state index in [2.05, 4.69) is 0 Å². The zero-order valence-corrected chi connectivity index (χ0v) is 23.7. The summed E-state index contributed by atoms with van der Waals surface area (Å²) in [6.07, 6.45) is 2.32. The number of rotatable bonds is 9. The molecule has 0 aliphatic carbocycles. The highest BCUT2D eigenvalue weighted by atomic mass is 32.2. The number of esters is 1. The monoisotopic (exact) mass is 552 g/mol. The van der Waals surface area contributed by atoms with Gasteiger partial charge in [-0.25, -0.2) is 8.42 Å². The number of aromatic nitrogens is 1. The molecule has 0 N–H and O–H groups in total. The second kappa shape index (κ2) is 12.2. The van der Waals surface area contributed by atoms with Crippen LogP contribution in [0.4, 0.5) is 0 Å². The van der Waals surface area contributed by atoms with Crippen molar-refractivity contribution >= 4 is 16.0 Å². The molecular weight excluding hydrogens is 516 g/mol. The van der Waals surface area contributed by atoms with Crippen molar-refractivity contribution in [2.24, 2.45) is 0 Å². The van der Waals surface area contributed by atoms with Gasteiger partial charge in [-0.1, -0.05) is 37.3 Å². The molecular formula is C30H36N2O6S. The van der Waals surface area contributed by atoms with Crippen molar-refractivity contribution < 1.29 is 22.7 Å². The van der Waals surface area contributed by atoms with Gasteiger partial charge in [-0.3, -0.25) is 9.59 Å². The zero-order chi connectivity index (χ0) is 28.2. The number of pyridine rings is 1. The number of hydrogen-bond acceptors (Lipinski definition) is 6. The predicted molar refractivity (Wildman–Crippen MR) is 149 cm³/mol. The highest BCUT2D eigenvalue weighted by Crippen LogP contribution is 2.34. The summed E-state index contributed by atoms with van der Waals surface area (Å²) in [5.41, 5.74) is 3.14. The van der Waals surface area contributed by atoms with Crippen molar-refractivity contribution in [1.29, 1.82) is 0 Å². The van der Waals surface area contributed by atoms with E-state index in [1.807, 2.05) is 45.0 Å². The average molecular weight is 553 g/mol.